The number of aliphatic imine (C=N–C) groups is 1. The van der Waals surface area contributed by atoms with E-state index in [4.69, 9.17) is 15.3 Å². The van der Waals surface area contributed by atoms with Crippen molar-refractivity contribution in [1.29, 1.82) is 10.5 Å². The molecule has 1 aliphatic heterocycles. The van der Waals surface area contributed by atoms with Gasteiger partial charge in [0.15, 0.2) is 0 Å². The van der Waals surface area contributed by atoms with Crippen molar-refractivity contribution in [3.8, 4) is 18.0 Å². The van der Waals surface area contributed by atoms with E-state index < -0.39 is 5.60 Å². The minimum atomic E-state index is -0.476. The molecule has 0 bridgehead atoms. The van der Waals surface area contributed by atoms with Crippen LogP contribution in [0.5, 0.6) is 5.75 Å². The molecule has 5 heteroatoms. The van der Waals surface area contributed by atoms with Crippen molar-refractivity contribution in [3.63, 3.8) is 0 Å². The van der Waals surface area contributed by atoms with Gasteiger partial charge in [-0.05, 0) is 38.1 Å². The number of amidine groups is 1. The van der Waals surface area contributed by atoms with Gasteiger partial charge in [0.05, 0.1) is 17.3 Å². The molecule has 0 aliphatic carbocycles. The lowest BCUT2D eigenvalue weighted by molar-refractivity contribution is 0.156. The maximum absolute atomic E-state index is 9.12. The molecule has 0 unspecified atom stereocenters. The van der Waals surface area contributed by atoms with Crippen LogP contribution in [0.25, 0.3) is 5.70 Å². The number of nitriles is 2. The summed E-state index contributed by atoms with van der Waals surface area (Å²) in [5, 5.41) is 18.0. The van der Waals surface area contributed by atoms with Gasteiger partial charge in [-0.15, -0.1) is 0 Å². The van der Waals surface area contributed by atoms with Crippen molar-refractivity contribution in [1.82, 2.24) is 4.90 Å². The van der Waals surface area contributed by atoms with E-state index in [0.29, 0.717) is 17.8 Å². The standard InChI is InChI=1S/C17H18N4O/c1-5-16(20-11-19)21(4)14-9-17(2,3)22-15-7-6-12(10-18)8-13(14)15/h6-9H,5H2,1-4H3. The Morgan fingerprint density at radius 1 is 1.36 bits per heavy atom. The first-order chi connectivity index (χ1) is 10.4. The predicted molar refractivity (Wildman–Crippen MR) is 84.9 cm³/mol. The molecule has 0 N–H and O–H groups in total. The van der Waals surface area contributed by atoms with Crippen LogP contribution >= 0.6 is 0 Å². The van der Waals surface area contributed by atoms with Crippen LogP contribution in [0.4, 0.5) is 0 Å². The van der Waals surface area contributed by atoms with Crippen molar-refractivity contribution < 1.29 is 4.74 Å². The fourth-order valence-corrected chi connectivity index (χ4v) is 2.47. The van der Waals surface area contributed by atoms with Crippen molar-refractivity contribution in [2.75, 3.05) is 7.05 Å². The zero-order chi connectivity index (χ0) is 16.3. The van der Waals surface area contributed by atoms with Crippen LogP contribution in [0.1, 0.15) is 38.3 Å². The molecule has 1 heterocycles. The van der Waals surface area contributed by atoms with Crippen LogP contribution in [0.15, 0.2) is 29.3 Å². The van der Waals surface area contributed by atoms with Crippen LogP contribution in [0, 0.1) is 22.8 Å². The van der Waals surface area contributed by atoms with E-state index in [1.165, 1.54) is 0 Å². The SMILES string of the molecule is CCC(=NC#N)N(C)C1=CC(C)(C)Oc2ccc(C#N)cc21. The summed E-state index contributed by atoms with van der Waals surface area (Å²) in [6, 6.07) is 7.49. The van der Waals surface area contributed by atoms with Gasteiger partial charge in [-0.2, -0.15) is 15.5 Å². The number of hydrogen-bond donors (Lipinski definition) is 0. The first-order valence-corrected chi connectivity index (χ1v) is 7.07. The molecule has 1 aromatic rings. The molecule has 0 fully saturated rings. The molecule has 5 nitrogen and oxygen atoms in total. The molecule has 0 aromatic heterocycles. The fourth-order valence-electron chi connectivity index (χ4n) is 2.47. The van der Waals surface area contributed by atoms with E-state index in [0.717, 1.165) is 17.0 Å². The average Bonchev–Trinajstić information content (AvgIpc) is 2.50. The highest BCUT2D eigenvalue weighted by Gasteiger charge is 2.29. The second kappa shape index (κ2) is 5.91. The van der Waals surface area contributed by atoms with Gasteiger partial charge in [0, 0.05) is 19.0 Å². The van der Waals surface area contributed by atoms with E-state index >= 15 is 0 Å². The third-order valence-electron chi connectivity index (χ3n) is 3.49. The lowest BCUT2D eigenvalue weighted by Gasteiger charge is -2.35. The third-order valence-corrected chi connectivity index (χ3v) is 3.49. The average molecular weight is 294 g/mol. The van der Waals surface area contributed by atoms with Crippen molar-refractivity contribution in [2.45, 2.75) is 32.8 Å². The molecular formula is C17H18N4O. The molecule has 0 spiro atoms. The van der Waals surface area contributed by atoms with Crippen molar-refractivity contribution >= 4 is 11.5 Å². The molecule has 0 saturated carbocycles. The molecule has 112 valence electrons. The lowest BCUT2D eigenvalue weighted by atomic mass is 9.97. The summed E-state index contributed by atoms with van der Waals surface area (Å²) in [6.45, 7) is 5.88. The van der Waals surface area contributed by atoms with E-state index in [2.05, 4.69) is 11.1 Å². The highest BCUT2D eigenvalue weighted by atomic mass is 16.5. The smallest absolute Gasteiger partial charge is 0.207 e. The highest BCUT2D eigenvalue weighted by molar-refractivity contribution is 5.92. The Bertz CT molecular complexity index is 732. The molecule has 2 rings (SSSR count). The molecule has 0 atom stereocenters. The number of rotatable bonds is 2. The summed E-state index contributed by atoms with van der Waals surface area (Å²) in [5.41, 5.74) is 1.81. The topological polar surface area (TPSA) is 72.4 Å². The van der Waals surface area contributed by atoms with Crippen LogP contribution < -0.4 is 4.74 Å². The van der Waals surface area contributed by atoms with Crippen molar-refractivity contribution in [2.24, 2.45) is 4.99 Å². The summed E-state index contributed by atoms with van der Waals surface area (Å²) in [7, 11) is 1.87. The Balaban J connectivity index is 2.59. The lowest BCUT2D eigenvalue weighted by Crippen LogP contribution is -2.34. The minimum absolute atomic E-state index is 0.476. The van der Waals surface area contributed by atoms with Gasteiger partial charge in [0.1, 0.15) is 17.2 Å². The Hall–Kier alpha value is -2.79. The Labute approximate surface area is 130 Å². The Morgan fingerprint density at radius 2 is 2.09 bits per heavy atom. The molecule has 0 radical (unpaired) electrons. The maximum atomic E-state index is 9.12. The molecule has 0 saturated heterocycles. The number of nitrogens with zero attached hydrogens (tertiary/aromatic N) is 4. The maximum Gasteiger partial charge on any atom is 0.207 e. The molecule has 1 aromatic carbocycles. The number of ether oxygens (including phenoxy) is 1. The van der Waals surface area contributed by atoms with E-state index in [1.807, 2.05) is 51.1 Å². The number of fused-ring (bicyclic) bond motifs is 1. The molecule has 22 heavy (non-hydrogen) atoms. The van der Waals surface area contributed by atoms with E-state index in [9.17, 15) is 0 Å². The Kier molecular flexibility index (Phi) is 4.19. The summed E-state index contributed by atoms with van der Waals surface area (Å²) in [4.78, 5) is 5.76. The molecular weight excluding hydrogens is 276 g/mol. The van der Waals surface area contributed by atoms with Gasteiger partial charge in [0.2, 0.25) is 6.19 Å². The Morgan fingerprint density at radius 3 is 2.68 bits per heavy atom. The van der Waals surface area contributed by atoms with Gasteiger partial charge < -0.3 is 9.64 Å². The minimum Gasteiger partial charge on any atom is -0.483 e. The summed E-state index contributed by atoms with van der Waals surface area (Å²) in [5.74, 6) is 1.39. The zero-order valence-electron chi connectivity index (χ0n) is 13.2. The predicted octanol–water partition coefficient (Wildman–Crippen LogP) is 3.29. The van der Waals surface area contributed by atoms with Gasteiger partial charge in [-0.25, -0.2) is 0 Å². The zero-order valence-corrected chi connectivity index (χ0v) is 13.2. The number of benzene rings is 1. The fraction of sp³-hybridized carbons (Fsp3) is 0.353. The van der Waals surface area contributed by atoms with Gasteiger partial charge in [0.25, 0.3) is 0 Å². The van der Waals surface area contributed by atoms with Gasteiger partial charge in [-0.3, -0.25) is 0 Å². The van der Waals surface area contributed by atoms with Gasteiger partial charge in [-0.1, -0.05) is 6.92 Å². The summed E-state index contributed by atoms with van der Waals surface area (Å²) in [6.07, 6.45) is 4.46. The summed E-state index contributed by atoms with van der Waals surface area (Å²) >= 11 is 0. The molecule has 1 aliphatic rings. The second-order valence-electron chi connectivity index (χ2n) is 5.60. The monoisotopic (exact) mass is 294 g/mol. The highest BCUT2D eigenvalue weighted by Crippen LogP contribution is 2.38. The second-order valence-corrected chi connectivity index (χ2v) is 5.60. The van der Waals surface area contributed by atoms with Gasteiger partial charge >= 0.3 is 0 Å². The summed E-state index contributed by atoms with van der Waals surface area (Å²) < 4.78 is 5.96. The van der Waals surface area contributed by atoms with E-state index in [-0.39, 0.29) is 0 Å². The molecule has 0 amide bonds. The first kappa shape index (κ1) is 15.6. The first-order valence-electron chi connectivity index (χ1n) is 7.07. The normalized spacial score (nSPS) is 15.7. The van der Waals surface area contributed by atoms with Crippen LogP contribution in [-0.2, 0) is 0 Å². The van der Waals surface area contributed by atoms with Crippen LogP contribution in [0.2, 0.25) is 0 Å². The van der Waals surface area contributed by atoms with E-state index in [1.54, 1.807) is 12.1 Å². The largest absolute Gasteiger partial charge is 0.483 e. The van der Waals surface area contributed by atoms with Crippen LogP contribution in [0.3, 0.4) is 0 Å². The quantitative estimate of drug-likeness (QED) is 0.476. The third kappa shape index (κ3) is 2.94. The van der Waals surface area contributed by atoms with Crippen LogP contribution in [-0.4, -0.2) is 23.4 Å². The van der Waals surface area contributed by atoms with Crippen molar-refractivity contribution in [3.05, 3.63) is 35.4 Å². The number of hydrogen-bond acceptors (Lipinski definition) is 4.